The highest BCUT2D eigenvalue weighted by atomic mass is 16.5. The Morgan fingerprint density at radius 2 is 1.81 bits per heavy atom. The molecule has 0 unspecified atom stereocenters. The predicted molar refractivity (Wildman–Crippen MR) is 105 cm³/mol. The van der Waals surface area contributed by atoms with E-state index < -0.39 is 5.91 Å². The lowest BCUT2D eigenvalue weighted by molar-refractivity contribution is -0.118. The minimum absolute atomic E-state index is 0.159. The van der Waals surface area contributed by atoms with Crippen LogP contribution in [0.4, 0.5) is 5.69 Å². The maximum Gasteiger partial charge on any atom is 0.257 e. The van der Waals surface area contributed by atoms with Gasteiger partial charge in [-0.25, -0.2) is 0 Å². The molecule has 0 spiro atoms. The highest BCUT2D eigenvalue weighted by Crippen LogP contribution is 2.20. The van der Waals surface area contributed by atoms with Crippen molar-refractivity contribution in [1.29, 1.82) is 0 Å². The third-order valence-corrected chi connectivity index (χ3v) is 4.14. The summed E-state index contributed by atoms with van der Waals surface area (Å²) in [7, 11) is 0. The Kier molecular flexibility index (Phi) is 5.35. The molecule has 1 heterocycles. The number of nitrogens with two attached hydrogens (primary N) is 1. The number of carbonyl (C=O) groups excluding carboxylic acids is 2. The molecule has 0 atom stereocenters. The van der Waals surface area contributed by atoms with Crippen molar-refractivity contribution in [2.24, 2.45) is 5.73 Å². The molecule has 0 aliphatic heterocycles. The van der Waals surface area contributed by atoms with Gasteiger partial charge in [0.1, 0.15) is 5.75 Å². The van der Waals surface area contributed by atoms with Gasteiger partial charge >= 0.3 is 0 Å². The molecular weight excluding hydrogens is 342 g/mol. The summed E-state index contributed by atoms with van der Waals surface area (Å²) in [6.07, 6.45) is 0.159. The first-order chi connectivity index (χ1) is 12.9. The Balaban J connectivity index is 1.71. The van der Waals surface area contributed by atoms with Crippen LogP contribution in [0.5, 0.6) is 5.75 Å². The second-order valence-electron chi connectivity index (χ2n) is 6.36. The monoisotopic (exact) mass is 363 g/mol. The molecule has 0 bridgehead atoms. The number of hydrogen-bond acceptors (Lipinski definition) is 4. The van der Waals surface area contributed by atoms with Crippen molar-refractivity contribution in [3.8, 4) is 5.75 Å². The topological polar surface area (TPSA) is 94.3 Å². The molecule has 6 heteroatoms. The van der Waals surface area contributed by atoms with Crippen molar-refractivity contribution in [3.63, 3.8) is 0 Å². The normalized spacial score (nSPS) is 10.6. The van der Waals surface area contributed by atoms with Gasteiger partial charge < -0.3 is 15.8 Å². The number of primary amides is 1. The van der Waals surface area contributed by atoms with Crippen LogP contribution in [0.1, 0.15) is 28.0 Å². The van der Waals surface area contributed by atoms with Crippen molar-refractivity contribution < 1.29 is 14.3 Å². The zero-order valence-corrected chi connectivity index (χ0v) is 15.3. The van der Waals surface area contributed by atoms with Gasteiger partial charge in [0, 0.05) is 11.1 Å². The fourth-order valence-corrected chi connectivity index (χ4v) is 2.71. The van der Waals surface area contributed by atoms with Crippen molar-refractivity contribution in [2.75, 3.05) is 11.9 Å². The fourth-order valence-electron chi connectivity index (χ4n) is 2.71. The average molecular weight is 363 g/mol. The number of nitrogens with one attached hydrogen (secondary N) is 1. The Morgan fingerprint density at radius 1 is 1.07 bits per heavy atom. The molecule has 2 amide bonds. The first kappa shape index (κ1) is 18.4. The molecule has 0 saturated carbocycles. The molecule has 3 N–H and O–H groups in total. The number of carbonyl (C=O) groups is 2. The van der Waals surface area contributed by atoms with Crippen LogP contribution in [-0.4, -0.2) is 23.4 Å². The molecule has 6 nitrogen and oxygen atoms in total. The Bertz CT molecular complexity index is 997. The maximum atomic E-state index is 12.6. The first-order valence-corrected chi connectivity index (χ1v) is 8.63. The average Bonchev–Trinajstić information content (AvgIpc) is 2.62. The summed E-state index contributed by atoms with van der Waals surface area (Å²) in [5.74, 6) is -0.0218. The summed E-state index contributed by atoms with van der Waals surface area (Å²) in [6, 6.07) is 14.8. The summed E-state index contributed by atoms with van der Waals surface area (Å²) in [6.45, 7) is 4.06. The standard InChI is InChI=1S/C21H21N3O3/c1-13-3-4-15-12-18(14(2)23-19(15)11-13)21(26)24-16-5-7-17(8-6-16)27-10-9-20(22)25/h3-8,11-12H,9-10H2,1-2H3,(H2,22,25)(H,24,26). The molecule has 0 saturated heterocycles. The summed E-state index contributed by atoms with van der Waals surface area (Å²) in [5.41, 5.74) is 8.94. The molecule has 2 aromatic carbocycles. The second-order valence-corrected chi connectivity index (χ2v) is 6.36. The highest BCUT2D eigenvalue weighted by Gasteiger charge is 2.12. The largest absolute Gasteiger partial charge is 0.493 e. The van der Waals surface area contributed by atoms with Gasteiger partial charge in [0.05, 0.1) is 29.8 Å². The third-order valence-electron chi connectivity index (χ3n) is 4.14. The van der Waals surface area contributed by atoms with E-state index in [2.05, 4.69) is 10.3 Å². The third kappa shape index (κ3) is 4.61. The van der Waals surface area contributed by atoms with E-state index in [9.17, 15) is 9.59 Å². The summed E-state index contributed by atoms with van der Waals surface area (Å²) >= 11 is 0. The molecule has 0 fully saturated rings. The van der Waals surface area contributed by atoms with E-state index in [0.717, 1.165) is 16.5 Å². The van der Waals surface area contributed by atoms with Crippen molar-refractivity contribution in [2.45, 2.75) is 20.3 Å². The Hall–Kier alpha value is -3.41. The number of rotatable bonds is 6. The van der Waals surface area contributed by atoms with Gasteiger partial charge in [0.15, 0.2) is 0 Å². The lowest BCUT2D eigenvalue weighted by atomic mass is 10.1. The first-order valence-electron chi connectivity index (χ1n) is 8.63. The van der Waals surface area contributed by atoms with Crippen molar-refractivity contribution in [1.82, 2.24) is 4.98 Å². The predicted octanol–water partition coefficient (Wildman–Crippen LogP) is 3.36. The maximum absolute atomic E-state index is 12.6. The summed E-state index contributed by atoms with van der Waals surface area (Å²) in [4.78, 5) is 27.9. The van der Waals surface area contributed by atoms with E-state index in [-0.39, 0.29) is 18.9 Å². The van der Waals surface area contributed by atoms with Crippen LogP contribution in [0.15, 0.2) is 48.5 Å². The van der Waals surface area contributed by atoms with E-state index in [0.29, 0.717) is 22.7 Å². The van der Waals surface area contributed by atoms with Gasteiger partial charge in [-0.1, -0.05) is 12.1 Å². The van der Waals surface area contributed by atoms with Gasteiger partial charge in [-0.2, -0.15) is 0 Å². The highest BCUT2D eigenvalue weighted by molar-refractivity contribution is 6.06. The van der Waals surface area contributed by atoms with Crippen LogP contribution in [0.2, 0.25) is 0 Å². The Labute approximate surface area is 157 Å². The summed E-state index contributed by atoms with van der Waals surface area (Å²) in [5, 5.41) is 3.79. The second kappa shape index (κ2) is 7.86. The SMILES string of the molecule is Cc1ccc2cc(C(=O)Nc3ccc(OCCC(N)=O)cc3)c(C)nc2c1. The number of aryl methyl sites for hydroxylation is 2. The number of anilines is 1. The lowest BCUT2D eigenvalue weighted by Crippen LogP contribution is -2.15. The minimum Gasteiger partial charge on any atom is -0.493 e. The lowest BCUT2D eigenvalue weighted by Gasteiger charge is -2.10. The zero-order chi connectivity index (χ0) is 19.4. The van der Waals surface area contributed by atoms with E-state index in [1.165, 1.54) is 0 Å². The smallest absolute Gasteiger partial charge is 0.257 e. The van der Waals surface area contributed by atoms with E-state index >= 15 is 0 Å². The molecule has 0 aliphatic carbocycles. The number of hydrogen-bond donors (Lipinski definition) is 2. The Morgan fingerprint density at radius 3 is 2.52 bits per heavy atom. The number of ether oxygens (including phenoxy) is 1. The van der Waals surface area contributed by atoms with Crippen LogP contribution in [-0.2, 0) is 4.79 Å². The number of fused-ring (bicyclic) bond motifs is 1. The van der Waals surface area contributed by atoms with Crippen LogP contribution in [0, 0.1) is 13.8 Å². The van der Waals surface area contributed by atoms with Crippen LogP contribution >= 0.6 is 0 Å². The molecule has 0 radical (unpaired) electrons. The van der Waals surface area contributed by atoms with Gasteiger partial charge in [-0.05, 0) is 55.8 Å². The van der Waals surface area contributed by atoms with Crippen molar-refractivity contribution >= 4 is 28.4 Å². The minimum atomic E-state index is -0.409. The number of pyridine rings is 1. The number of benzene rings is 2. The van der Waals surface area contributed by atoms with Crippen LogP contribution in [0.25, 0.3) is 10.9 Å². The summed E-state index contributed by atoms with van der Waals surface area (Å²) < 4.78 is 5.41. The van der Waals surface area contributed by atoms with E-state index in [1.807, 2.05) is 38.1 Å². The van der Waals surface area contributed by atoms with Gasteiger partial charge in [-0.15, -0.1) is 0 Å². The van der Waals surface area contributed by atoms with Crippen LogP contribution in [0.3, 0.4) is 0 Å². The molecule has 0 aliphatic rings. The van der Waals surface area contributed by atoms with E-state index in [4.69, 9.17) is 10.5 Å². The van der Waals surface area contributed by atoms with Gasteiger partial charge in [0.25, 0.3) is 5.91 Å². The van der Waals surface area contributed by atoms with Crippen LogP contribution < -0.4 is 15.8 Å². The molecule has 27 heavy (non-hydrogen) atoms. The molecule has 138 valence electrons. The molecule has 1 aromatic heterocycles. The van der Waals surface area contributed by atoms with E-state index in [1.54, 1.807) is 24.3 Å². The zero-order valence-electron chi connectivity index (χ0n) is 15.3. The number of amides is 2. The number of nitrogens with zero attached hydrogens (tertiary/aromatic N) is 1. The van der Waals surface area contributed by atoms with Gasteiger partial charge in [-0.3, -0.25) is 14.6 Å². The van der Waals surface area contributed by atoms with Gasteiger partial charge in [0.2, 0.25) is 5.91 Å². The molecule has 3 aromatic rings. The fraction of sp³-hybridized carbons (Fsp3) is 0.190. The van der Waals surface area contributed by atoms with Crippen molar-refractivity contribution in [3.05, 3.63) is 65.4 Å². The molecular formula is C21H21N3O3. The number of aromatic nitrogens is 1. The quantitative estimate of drug-likeness (QED) is 0.702. The molecule has 3 rings (SSSR count).